The van der Waals surface area contributed by atoms with Gasteiger partial charge in [-0.05, 0) is 6.07 Å². The van der Waals surface area contributed by atoms with Crippen LogP contribution in [0.4, 0.5) is 14.6 Å². The Morgan fingerprint density at radius 2 is 2.03 bits per heavy atom. The van der Waals surface area contributed by atoms with E-state index in [2.05, 4.69) is 10.1 Å². The van der Waals surface area contributed by atoms with Crippen molar-refractivity contribution in [3.05, 3.63) is 47.7 Å². The summed E-state index contributed by atoms with van der Waals surface area (Å²) in [6, 6.07) is 5.62. The third kappa shape index (κ3) is 6.23. The zero-order valence-electron chi connectivity index (χ0n) is 18.2. The number of carbonyl (C=O) groups is 1. The number of halogens is 2. The number of hydrogen-bond acceptors (Lipinski definition) is 9. The Morgan fingerprint density at radius 3 is 2.68 bits per heavy atom. The lowest BCUT2D eigenvalue weighted by molar-refractivity contribution is -0.143. The van der Waals surface area contributed by atoms with Crippen molar-refractivity contribution in [2.24, 2.45) is 16.8 Å². The lowest BCUT2D eigenvalue weighted by Gasteiger charge is -2.33. The van der Waals surface area contributed by atoms with Crippen LogP contribution in [0.1, 0.15) is 12.0 Å². The second kappa shape index (κ2) is 11.5. The summed E-state index contributed by atoms with van der Waals surface area (Å²) >= 11 is 0. The number of ether oxygens (including phenoxy) is 1. The van der Waals surface area contributed by atoms with Gasteiger partial charge in [-0.15, -0.1) is 0 Å². The fourth-order valence-corrected chi connectivity index (χ4v) is 3.09. The predicted octanol–water partition coefficient (Wildman–Crippen LogP) is 1.19. The maximum Gasteiger partial charge on any atom is 0.313 e. The maximum absolute atomic E-state index is 14.9. The number of nitrogens with two attached hydrogens (primary N) is 1. The van der Waals surface area contributed by atoms with Crippen molar-refractivity contribution < 1.29 is 33.4 Å². The Morgan fingerprint density at radius 1 is 1.29 bits per heavy atom. The van der Waals surface area contributed by atoms with Crippen molar-refractivity contribution in [1.82, 2.24) is 4.98 Å². The van der Waals surface area contributed by atoms with E-state index < -0.39 is 29.9 Å². The monoisotopic (exact) mass is 477 g/mol. The zero-order chi connectivity index (χ0) is 24.7. The third-order valence-corrected chi connectivity index (χ3v) is 5.00. The first kappa shape index (κ1) is 25.0. The zero-order valence-corrected chi connectivity index (χ0v) is 18.2. The highest BCUT2D eigenvalue weighted by atomic mass is 19.1. The van der Waals surface area contributed by atoms with Crippen molar-refractivity contribution in [1.29, 1.82) is 5.41 Å². The maximum atomic E-state index is 14.9. The molecule has 182 valence electrons. The highest BCUT2D eigenvalue weighted by Gasteiger charge is 2.27. The van der Waals surface area contributed by atoms with Crippen LogP contribution in [0.15, 0.2) is 35.6 Å². The summed E-state index contributed by atoms with van der Waals surface area (Å²) in [7, 11) is 0. The van der Waals surface area contributed by atoms with Gasteiger partial charge in [0.1, 0.15) is 31.3 Å². The molecule has 12 heteroatoms. The number of amidine groups is 1. The second-order valence-electron chi connectivity index (χ2n) is 7.71. The van der Waals surface area contributed by atoms with Crippen molar-refractivity contribution >= 4 is 23.3 Å². The van der Waals surface area contributed by atoms with Crippen molar-refractivity contribution in [2.75, 3.05) is 37.8 Å². The summed E-state index contributed by atoms with van der Waals surface area (Å²) in [6.45, 7) is -0.135. The highest BCUT2D eigenvalue weighted by Crippen LogP contribution is 2.29. The number of nitrogens with zero attached hydrogens (tertiary/aromatic N) is 3. The molecule has 0 spiro atoms. The topological polar surface area (TPSA) is 154 Å². The number of carbonyl (C=O) groups excluding carboxylic acids is 1. The highest BCUT2D eigenvalue weighted by molar-refractivity contribution is 5.99. The number of benzene rings is 1. The standard InChI is InChI=1S/C22H25F2N5O5/c23-18-4-15(17-3-1-2-14(21(17)24)12-33-20(32)5-19(25)26)6-27-22(18)29-7-16(8-29)28-34-11-13(9-30)10-31/h1-4,6,13,30-31H,5,7-12H2,(H3,25,26). The molecule has 0 atom stereocenters. The lowest BCUT2D eigenvalue weighted by atomic mass is 10.0. The van der Waals surface area contributed by atoms with Gasteiger partial charge in [0.05, 0.1) is 32.0 Å². The van der Waals surface area contributed by atoms with Crippen LogP contribution in [0.2, 0.25) is 0 Å². The minimum absolute atomic E-state index is 0.0678. The number of oxime groups is 1. The number of pyridine rings is 1. The molecule has 1 aromatic heterocycles. The molecule has 2 aromatic rings. The number of esters is 1. The minimum Gasteiger partial charge on any atom is -0.460 e. The molecule has 0 unspecified atom stereocenters. The third-order valence-electron chi connectivity index (χ3n) is 5.00. The fraction of sp³-hybridized carbons (Fsp3) is 0.364. The number of aliphatic hydroxyl groups excluding tert-OH is 2. The van der Waals surface area contributed by atoms with E-state index >= 15 is 0 Å². The smallest absolute Gasteiger partial charge is 0.313 e. The summed E-state index contributed by atoms with van der Waals surface area (Å²) < 4.78 is 34.6. The lowest BCUT2D eigenvalue weighted by Crippen LogP contribution is -2.48. The average Bonchev–Trinajstić information content (AvgIpc) is 2.77. The number of anilines is 1. The molecule has 0 saturated carbocycles. The molecule has 1 saturated heterocycles. The minimum atomic E-state index is -0.751. The molecule has 34 heavy (non-hydrogen) atoms. The van der Waals surface area contributed by atoms with Gasteiger partial charge in [-0.25, -0.2) is 13.8 Å². The average molecular weight is 477 g/mol. The van der Waals surface area contributed by atoms with E-state index in [1.807, 2.05) is 0 Å². The van der Waals surface area contributed by atoms with E-state index in [1.165, 1.54) is 24.4 Å². The normalized spacial score (nSPS) is 13.0. The largest absolute Gasteiger partial charge is 0.460 e. The second-order valence-corrected chi connectivity index (χ2v) is 7.71. The molecule has 1 aliphatic rings. The van der Waals surface area contributed by atoms with E-state index in [0.717, 1.165) is 0 Å². The van der Waals surface area contributed by atoms with Crippen LogP contribution in [0.25, 0.3) is 11.1 Å². The van der Waals surface area contributed by atoms with Gasteiger partial charge in [0, 0.05) is 28.8 Å². The summed E-state index contributed by atoms with van der Waals surface area (Å²) in [6.07, 6.45) is 0.958. The Kier molecular flexibility index (Phi) is 8.44. The SMILES string of the molecule is N=C(N)CC(=O)OCc1cccc(-c2cnc(N3CC(=NOCC(CO)CO)C3)c(F)c2)c1F. The number of aromatic nitrogens is 1. The Balaban J connectivity index is 1.63. The van der Waals surface area contributed by atoms with E-state index in [4.69, 9.17) is 30.9 Å². The predicted molar refractivity (Wildman–Crippen MR) is 119 cm³/mol. The summed E-state index contributed by atoms with van der Waals surface area (Å²) in [5.41, 5.74) is 6.19. The number of nitrogens with one attached hydrogen (secondary N) is 1. The quantitative estimate of drug-likeness (QED) is 0.163. The van der Waals surface area contributed by atoms with Crippen molar-refractivity contribution in [3.63, 3.8) is 0 Å². The van der Waals surface area contributed by atoms with Crippen molar-refractivity contribution in [3.8, 4) is 11.1 Å². The number of aliphatic hydroxyl groups is 2. The van der Waals surface area contributed by atoms with Crippen LogP contribution >= 0.6 is 0 Å². The molecule has 3 rings (SSSR count). The molecule has 2 heterocycles. The molecule has 1 fully saturated rings. The molecule has 0 bridgehead atoms. The first-order chi connectivity index (χ1) is 16.3. The van der Waals surface area contributed by atoms with Crippen LogP contribution in [-0.4, -0.2) is 65.6 Å². The van der Waals surface area contributed by atoms with E-state index in [-0.39, 0.29) is 54.8 Å². The Hall–Kier alpha value is -3.64. The Labute approximate surface area is 194 Å². The van der Waals surface area contributed by atoms with Crippen molar-refractivity contribution in [2.45, 2.75) is 13.0 Å². The molecular formula is C22H25F2N5O5. The molecule has 0 amide bonds. The van der Waals surface area contributed by atoms with Crippen LogP contribution in [0, 0.1) is 23.0 Å². The Bertz CT molecular complexity index is 1070. The van der Waals surface area contributed by atoms with Gasteiger partial charge in [-0.1, -0.05) is 23.4 Å². The first-order valence-corrected chi connectivity index (χ1v) is 10.4. The van der Waals surface area contributed by atoms with Gasteiger partial charge in [0.2, 0.25) is 0 Å². The first-order valence-electron chi connectivity index (χ1n) is 10.4. The summed E-state index contributed by atoms with van der Waals surface area (Å²) in [4.78, 5) is 22.4. The van der Waals surface area contributed by atoms with Crippen LogP contribution in [-0.2, 0) is 21.0 Å². The molecular weight excluding hydrogens is 452 g/mol. The fourth-order valence-electron chi connectivity index (χ4n) is 3.09. The summed E-state index contributed by atoms with van der Waals surface area (Å²) in [5.74, 6) is -2.76. The molecule has 5 N–H and O–H groups in total. The van der Waals surface area contributed by atoms with E-state index in [1.54, 1.807) is 11.0 Å². The van der Waals surface area contributed by atoms with Gasteiger partial charge in [0.15, 0.2) is 11.6 Å². The number of rotatable bonds is 11. The van der Waals surface area contributed by atoms with Crippen LogP contribution < -0.4 is 10.6 Å². The molecule has 1 aromatic carbocycles. The molecule has 10 nitrogen and oxygen atoms in total. The summed E-state index contributed by atoms with van der Waals surface area (Å²) in [5, 5.41) is 29.0. The number of hydrogen-bond donors (Lipinski definition) is 4. The molecule has 1 aliphatic heterocycles. The van der Waals surface area contributed by atoms with Gasteiger partial charge in [-0.3, -0.25) is 10.2 Å². The van der Waals surface area contributed by atoms with Gasteiger partial charge in [0.25, 0.3) is 0 Å². The van der Waals surface area contributed by atoms with Gasteiger partial charge < -0.3 is 30.4 Å². The van der Waals surface area contributed by atoms with Crippen LogP contribution in [0.5, 0.6) is 0 Å². The van der Waals surface area contributed by atoms with E-state index in [9.17, 15) is 13.6 Å². The van der Waals surface area contributed by atoms with E-state index in [0.29, 0.717) is 18.8 Å². The molecule has 0 aliphatic carbocycles. The van der Waals surface area contributed by atoms with Crippen LogP contribution in [0.3, 0.4) is 0 Å². The van der Waals surface area contributed by atoms with Gasteiger partial charge in [-0.2, -0.15) is 0 Å². The van der Waals surface area contributed by atoms with Gasteiger partial charge >= 0.3 is 5.97 Å². The molecule has 0 radical (unpaired) electrons.